The summed E-state index contributed by atoms with van der Waals surface area (Å²) in [7, 11) is 0. The Balaban J connectivity index is 2.07. The molecule has 0 radical (unpaired) electrons. The van der Waals surface area contributed by atoms with Crippen LogP contribution in [0, 0.1) is 0 Å². The van der Waals surface area contributed by atoms with Gasteiger partial charge < -0.3 is 10.0 Å². The lowest BCUT2D eigenvalue weighted by molar-refractivity contribution is -0.268. The number of benzene rings is 1. The highest BCUT2D eigenvalue weighted by Gasteiger charge is 2.01. The van der Waals surface area contributed by atoms with E-state index in [1.807, 2.05) is 6.07 Å². The summed E-state index contributed by atoms with van der Waals surface area (Å²) in [5.41, 5.74) is 3.98. The lowest BCUT2D eigenvalue weighted by Gasteiger charge is -2.23. The Morgan fingerprint density at radius 2 is 2.20 bits per heavy atom. The van der Waals surface area contributed by atoms with Gasteiger partial charge in [-0.15, -0.1) is 5.10 Å². The molecule has 2 N–H and O–H groups in total. The minimum Gasteiger partial charge on any atom is -0.872 e. The Hall–Kier alpha value is -2.64. The molecule has 1 aromatic heterocycles. The zero-order valence-corrected chi connectivity index (χ0v) is 11.4. The van der Waals surface area contributed by atoms with Crippen molar-refractivity contribution in [3.63, 3.8) is 0 Å². The van der Waals surface area contributed by atoms with Gasteiger partial charge in [-0.2, -0.15) is 10.3 Å². The number of aromatic amines is 1. The van der Waals surface area contributed by atoms with Crippen LogP contribution in [0.15, 0.2) is 23.3 Å². The van der Waals surface area contributed by atoms with Crippen LogP contribution >= 0.6 is 0 Å². The Morgan fingerprint density at radius 3 is 2.80 bits per heavy atom. The maximum Gasteiger partial charge on any atom is 0.283 e. The average molecular weight is 274 g/mol. The molecule has 0 amide bonds. The molecule has 0 saturated heterocycles. The maximum atomic E-state index is 12.0. The normalized spacial score (nSPS) is 10.9. The van der Waals surface area contributed by atoms with Crippen LogP contribution in [0.2, 0.25) is 0 Å². The summed E-state index contributed by atoms with van der Waals surface area (Å²) in [5.74, 6) is 0.168. The number of anilines is 2. The third-order valence-corrected chi connectivity index (χ3v) is 2.84. The number of hydrogen-bond acceptors (Lipinski definition) is 7. The number of hydrogen-bond donors (Lipinski definition) is 2. The molecule has 0 spiro atoms. The average Bonchev–Trinajstić information content (AvgIpc) is 2.96. The van der Waals surface area contributed by atoms with Crippen LogP contribution in [0.5, 0.6) is 5.75 Å². The van der Waals surface area contributed by atoms with Crippen LogP contribution in [-0.2, 0) is 0 Å². The second kappa shape index (κ2) is 6.50. The van der Waals surface area contributed by atoms with Gasteiger partial charge in [0, 0.05) is 18.8 Å². The van der Waals surface area contributed by atoms with E-state index in [1.165, 1.54) is 6.21 Å². The fraction of sp³-hybridized carbons (Fsp3) is 0.333. The molecule has 8 heteroatoms. The SMILES string of the molecule is CCN(CC)c1ccc(C=NNc2nn[nH]n2)c([O-])c1. The number of rotatable bonds is 6. The molecule has 1 heterocycles. The number of H-pyrrole nitrogens is 1. The van der Waals surface area contributed by atoms with Gasteiger partial charge in [-0.25, -0.2) is 5.43 Å². The van der Waals surface area contributed by atoms with Gasteiger partial charge in [0.05, 0.1) is 6.21 Å². The second-order valence-corrected chi connectivity index (χ2v) is 4.00. The van der Waals surface area contributed by atoms with Gasteiger partial charge in [-0.1, -0.05) is 16.9 Å². The summed E-state index contributed by atoms with van der Waals surface area (Å²) in [6.45, 7) is 5.84. The fourth-order valence-electron chi connectivity index (χ4n) is 1.78. The monoisotopic (exact) mass is 274 g/mol. The maximum absolute atomic E-state index is 12.0. The Morgan fingerprint density at radius 1 is 1.40 bits per heavy atom. The summed E-state index contributed by atoms with van der Waals surface area (Å²) >= 11 is 0. The number of aromatic nitrogens is 4. The summed E-state index contributed by atoms with van der Waals surface area (Å²) in [5, 5.41) is 28.9. The van der Waals surface area contributed by atoms with E-state index in [4.69, 9.17) is 0 Å². The van der Waals surface area contributed by atoms with Crippen LogP contribution in [0.3, 0.4) is 0 Å². The highest BCUT2D eigenvalue weighted by molar-refractivity contribution is 5.84. The van der Waals surface area contributed by atoms with E-state index >= 15 is 0 Å². The number of tetrazole rings is 1. The van der Waals surface area contributed by atoms with Crippen LogP contribution < -0.4 is 15.4 Å². The van der Waals surface area contributed by atoms with Gasteiger partial charge in [-0.3, -0.25) is 0 Å². The van der Waals surface area contributed by atoms with Crippen LogP contribution in [0.25, 0.3) is 0 Å². The van der Waals surface area contributed by atoms with Crippen molar-refractivity contribution >= 4 is 17.9 Å². The summed E-state index contributed by atoms with van der Waals surface area (Å²) < 4.78 is 0. The highest BCUT2D eigenvalue weighted by Crippen LogP contribution is 2.21. The van der Waals surface area contributed by atoms with Crippen LogP contribution in [0.4, 0.5) is 11.6 Å². The van der Waals surface area contributed by atoms with Gasteiger partial charge in [-0.05, 0) is 36.8 Å². The first-order chi connectivity index (χ1) is 9.74. The minimum absolute atomic E-state index is 0.0759. The molecule has 0 unspecified atom stereocenters. The van der Waals surface area contributed by atoms with E-state index in [-0.39, 0.29) is 11.7 Å². The van der Waals surface area contributed by atoms with Gasteiger partial charge in [0.25, 0.3) is 5.95 Å². The van der Waals surface area contributed by atoms with E-state index in [2.05, 4.69) is 49.9 Å². The van der Waals surface area contributed by atoms with E-state index in [1.54, 1.807) is 12.1 Å². The van der Waals surface area contributed by atoms with Crippen molar-refractivity contribution in [2.45, 2.75) is 13.8 Å². The third-order valence-electron chi connectivity index (χ3n) is 2.84. The molecular weight excluding hydrogens is 258 g/mol. The topological polar surface area (TPSA) is 105 Å². The quantitative estimate of drug-likeness (QED) is 0.589. The van der Waals surface area contributed by atoms with E-state index < -0.39 is 0 Å². The molecule has 0 fully saturated rings. The van der Waals surface area contributed by atoms with Crippen molar-refractivity contribution in [2.75, 3.05) is 23.4 Å². The zero-order chi connectivity index (χ0) is 14.4. The molecule has 2 aromatic rings. The number of nitrogens with zero attached hydrogens (tertiary/aromatic N) is 5. The summed E-state index contributed by atoms with van der Waals surface area (Å²) in [6.07, 6.45) is 1.44. The first-order valence-corrected chi connectivity index (χ1v) is 6.33. The molecule has 0 aliphatic rings. The first-order valence-electron chi connectivity index (χ1n) is 6.33. The van der Waals surface area contributed by atoms with Crippen molar-refractivity contribution in [3.8, 4) is 5.75 Å². The molecule has 0 bridgehead atoms. The highest BCUT2D eigenvalue weighted by atomic mass is 16.3. The number of nitrogens with one attached hydrogen (secondary N) is 2. The fourth-order valence-corrected chi connectivity index (χ4v) is 1.78. The molecule has 106 valence electrons. The number of hydrazone groups is 1. The smallest absolute Gasteiger partial charge is 0.283 e. The lowest BCUT2D eigenvalue weighted by Crippen LogP contribution is -2.21. The standard InChI is InChI=1S/C12H17N7O/c1-3-19(4-2)10-6-5-9(11(20)7-10)8-13-14-12-15-17-18-16-12/h5-8,20H,3-4H2,1-2H3,(H2,14,15,16,17,18)/p-1. The third kappa shape index (κ3) is 3.22. The predicted molar refractivity (Wildman–Crippen MR) is 74.8 cm³/mol. The van der Waals surface area contributed by atoms with Crippen molar-refractivity contribution in [3.05, 3.63) is 23.8 Å². The van der Waals surface area contributed by atoms with Gasteiger partial charge >= 0.3 is 0 Å². The Kier molecular flexibility index (Phi) is 4.48. The molecule has 0 atom stereocenters. The minimum atomic E-state index is -0.0759. The first kappa shape index (κ1) is 13.8. The molecule has 0 saturated carbocycles. The molecule has 0 aliphatic heterocycles. The van der Waals surface area contributed by atoms with Crippen LogP contribution in [0.1, 0.15) is 19.4 Å². The predicted octanol–water partition coefficient (Wildman–Crippen LogP) is 0.565. The van der Waals surface area contributed by atoms with Crippen molar-refractivity contribution in [1.82, 2.24) is 20.6 Å². The van der Waals surface area contributed by atoms with Gasteiger partial charge in [0.1, 0.15) is 0 Å². The Labute approximate surface area is 116 Å². The van der Waals surface area contributed by atoms with Gasteiger partial charge in [0.2, 0.25) is 0 Å². The zero-order valence-electron chi connectivity index (χ0n) is 11.4. The summed E-state index contributed by atoms with van der Waals surface area (Å²) in [6, 6.07) is 5.27. The van der Waals surface area contributed by atoms with E-state index in [0.29, 0.717) is 5.56 Å². The van der Waals surface area contributed by atoms with E-state index in [9.17, 15) is 5.11 Å². The molecule has 2 rings (SSSR count). The lowest BCUT2D eigenvalue weighted by atomic mass is 10.2. The Bertz CT molecular complexity index is 563. The molecule has 0 aliphatic carbocycles. The van der Waals surface area contributed by atoms with Gasteiger partial charge in [0.15, 0.2) is 0 Å². The van der Waals surface area contributed by atoms with Crippen molar-refractivity contribution in [2.24, 2.45) is 5.10 Å². The second-order valence-electron chi connectivity index (χ2n) is 4.00. The molecule has 20 heavy (non-hydrogen) atoms. The van der Waals surface area contributed by atoms with E-state index in [0.717, 1.165) is 18.8 Å². The van der Waals surface area contributed by atoms with Crippen molar-refractivity contribution < 1.29 is 5.11 Å². The van der Waals surface area contributed by atoms with Crippen molar-refractivity contribution in [1.29, 1.82) is 0 Å². The summed E-state index contributed by atoms with van der Waals surface area (Å²) in [4.78, 5) is 2.11. The molecular formula is C12H16N7O-. The molecule has 8 nitrogen and oxygen atoms in total. The van der Waals surface area contributed by atoms with Crippen LogP contribution in [-0.4, -0.2) is 39.9 Å². The molecule has 1 aromatic carbocycles. The largest absolute Gasteiger partial charge is 0.872 e.